The number of aromatic amines is 1. The Labute approximate surface area is 137 Å². The zero-order valence-electron chi connectivity index (χ0n) is 13.3. The third kappa shape index (κ3) is 2.81. The summed E-state index contributed by atoms with van der Waals surface area (Å²) in [6.45, 7) is 0.695. The number of rotatable bonds is 5. The van der Waals surface area contributed by atoms with Crippen molar-refractivity contribution in [1.82, 2.24) is 9.97 Å². The highest BCUT2D eigenvalue weighted by molar-refractivity contribution is 6.07. The van der Waals surface area contributed by atoms with Crippen molar-refractivity contribution >= 4 is 27.8 Å². The average Bonchev–Trinajstić information content (AvgIpc) is 2.60. The van der Waals surface area contributed by atoms with Crippen LogP contribution < -0.4 is 10.2 Å². The second-order valence-corrected chi connectivity index (χ2v) is 5.08. The average molecular weight is 328 g/mol. The molecular formula is C17H16N2O5. The maximum absolute atomic E-state index is 12.6. The van der Waals surface area contributed by atoms with Crippen LogP contribution in [0.5, 0.6) is 5.75 Å². The molecular weight excluding hydrogens is 312 g/mol. The highest BCUT2D eigenvalue weighted by Gasteiger charge is 2.16. The lowest BCUT2D eigenvalue weighted by molar-refractivity contribution is 0.0594. The number of carbonyl (C=O) groups is 1. The van der Waals surface area contributed by atoms with E-state index in [9.17, 15) is 9.59 Å². The minimum absolute atomic E-state index is 0.0657. The zero-order valence-corrected chi connectivity index (χ0v) is 13.3. The number of ether oxygens (including phenoxy) is 3. The molecule has 3 aromatic rings. The van der Waals surface area contributed by atoms with E-state index >= 15 is 0 Å². The molecule has 0 bridgehead atoms. The second-order valence-electron chi connectivity index (χ2n) is 5.08. The Kier molecular flexibility index (Phi) is 4.43. The molecule has 1 aromatic carbocycles. The molecule has 0 unspecified atom stereocenters. The molecule has 3 rings (SSSR count). The van der Waals surface area contributed by atoms with Crippen molar-refractivity contribution in [3.63, 3.8) is 0 Å². The number of fused-ring (bicyclic) bond motifs is 3. The summed E-state index contributed by atoms with van der Waals surface area (Å²) in [5.74, 6) is -0.205. The van der Waals surface area contributed by atoms with Crippen LogP contribution in [-0.2, 0) is 9.47 Å². The van der Waals surface area contributed by atoms with E-state index < -0.39 is 5.97 Å². The van der Waals surface area contributed by atoms with E-state index in [1.54, 1.807) is 25.4 Å². The molecule has 0 atom stereocenters. The van der Waals surface area contributed by atoms with Crippen LogP contribution in [0.1, 0.15) is 10.5 Å². The Bertz CT molecular complexity index is 964. The molecule has 0 fully saturated rings. The Morgan fingerprint density at radius 2 is 2.08 bits per heavy atom. The predicted molar refractivity (Wildman–Crippen MR) is 88.6 cm³/mol. The van der Waals surface area contributed by atoms with Gasteiger partial charge in [0.15, 0.2) is 5.43 Å². The van der Waals surface area contributed by atoms with Gasteiger partial charge in [0.25, 0.3) is 0 Å². The number of aromatic nitrogens is 2. The summed E-state index contributed by atoms with van der Waals surface area (Å²) in [7, 11) is 2.83. The number of H-pyrrole nitrogens is 1. The number of nitrogens with one attached hydrogen (secondary N) is 1. The molecule has 0 saturated carbocycles. The van der Waals surface area contributed by atoms with Crippen LogP contribution in [0.25, 0.3) is 21.8 Å². The van der Waals surface area contributed by atoms with E-state index in [1.807, 2.05) is 6.07 Å². The molecule has 0 aliphatic rings. The lowest BCUT2D eigenvalue weighted by atomic mass is 10.1. The standard InChI is InChI=1S/C17H16N2O5/c1-22-6-7-24-13-8-10-4-3-5-18-15(10)16-14(13)12(20)9-11(19-16)17(21)23-2/h3-5,8-9H,6-7H2,1-2H3,(H,19,20). The van der Waals surface area contributed by atoms with Gasteiger partial charge in [0, 0.05) is 24.8 Å². The normalized spacial score (nSPS) is 10.9. The van der Waals surface area contributed by atoms with Gasteiger partial charge in [-0.25, -0.2) is 4.79 Å². The first-order valence-corrected chi connectivity index (χ1v) is 7.30. The summed E-state index contributed by atoms with van der Waals surface area (Å²) in [6, 6.07) is 6.60. The van der Waals surface area contributed by atoms with E-state index in [0.29, 0.717) is 35.4 Å². The lowest BCUT2D eigenvalue weighted by Crippen LogP contribution is -2.13. The number of hydrogen-bond donors (Lipinski definition) is 1. The molecule has 0 saturated heterocycles. The number of carbonyl (C=O) groups excluding carboxylic acids is 1. The Morgan fingerprint density at radius 3 is 2.83 bits per heavy atom. The van der Waals surface area contributed by atoms with E-state index in [2.05, 4.69) is 14.7 Å². The molecule has 1 N–H and O–H groups in total. The Balaban J connectivity index is 2.31. The highest BCUT2D eigenvalue weighted by atomic mass is 16.5. The van der Waals surface area contributed by atoms with Crippen LogP contribution >= 0.6 is 0 Å². The van der Waals surface area contributed by atoms with Crippen molar-refractivity contribution in [2.24, 2.45) is 0 Å². The molecule has 0 radical (unpaired) electrons. The molecule has 124 valence electrons. The lowest BCUT2D eigenvalue weighted by Gasteiger charge is -2.12. The summed E-state index contributed by atoms with van der Waals surface area (Å²) in [5, 5.41) is 1.13. The second kappa shape index (κ2) is 6.67. The number of hydrogen-bond acceptors (Lipinski definition) is 6. The summed E-state index contributed by atoms with van der Waals surface area (Å²) in [5.41, 5.74) is 0.739. The largest absolute Gasteiger partial charge is 0.490 e. The van der Waals surface area contributed by atoms with Crippen molar-refractivity contribution in [2.75, 3.05) is 27.4 Å². The SMILES string of the molecule is COCCOc1cc2cccnc2c2[nH]c(C(=O)OC)cc(=O)c12. The van der Waals surface area contributed by atoms with E-state index in [4.69, 9.17) is 9.47 Å². The first-order chi connectivity index (χ1) is 11.7. The fourth-order valence-corrected chi connectivity index (χ4v) is 2.51. The van der Waals surface area contributed by atoms with E-state index in [1.165, 1.54) is 13.2 Å². The van der Waals surface area contributed by atoms with Gasteiger partial charge < -0.3 is 19.2 Å². The third-order valence-electron chi connectivity index (χ3n) is 3.59. The van der Waals surface area contributed by atoms with E-state index in [-0.39, 0.29) is 11.1 Å². The van der Waals surface area contributed by atoms with Gasteiger partial charge in [-0.15, -0.1) is 0 Å². The third-order valence-corrected chi connectivity index (χ3v) is 3.59. The first-order valence-electron chi connectivity index (χ1n) is 7.30. The maximum Gasteiger partial charge on any atom is 0.354 e. The van der Waals surface area contributed by atoms with Crippen LogP contribution in [0.2, 0.25) is 0 Å². The minimum Gasteiger partial charge on any atom is -0.490 e. The van der Waals surface area contributed by atoms with Gasteiger partial charge in [-0.2, -0.15) is 0 Å². The molecule has 0 aliphatic carbocycles. The summed E-state index contributed by atoms with van der Waals surface area (Å²) in [6.07, 6.45) is 1.62. The highest BCUT2D eigenvalue weighted by Crippen LogP contribution is 2.29. The van der Waals surface area contributed by atoms with Gasteiger partial charge in [0.05, 0.1) is 30.1 Å². The molecule has 2 aromatic heterocycles. The molecule has 0 spiro atoms. The van der Waals surface area contributed by atoms with Crippen LogP contribution in [0, 0.1) is 0 Å². The number of pyridine rings is 2. The molecule has 2 heterocycles. The van der Waals surface area contributed by atoms with Gasteiger partial charge >= 0.3 is 5.97 Å². The van der Waals surface area contributed by atoms with Gasteiger partial charge in [-0.1, -0.05) is 6.07 Å². The Morgan fingerprint density at radius 1 is 1.25 bits per heavy atom. The molecule has 24 heavy (non-hydrogen) atoms. The number of esters is 1. The summed E-state index contributed by atoms with van der Waals surface area (Å²) < 4.78 is 15.3. The number of benzene rings is 1. The smallest absolute Gasteiger partial charge is 0.354 e. The van der Waals surface area contributed by atoms with E-state index in [0.717, 1.165) is 5.39 Å². The number of nitrogens with zero attached hydrogens (tertiary/aromatic N) is 1. The van der Waals surface area contributed by atoms with Crippen molar-refractivity contribution in [3.8, 4) is 5.75 Å². The van der Waals surface area contributed by atoms with Gasteiger partial charge in [0.2, 0.25) is 0 Å². The quantitative estimate of drug-likeness (QED) is 0.437. The zero-order chi connectivity index (χ0) is 17.1. The van der Waals surface area contributed by atoms with Crippen LogP contribution in [0.4, 0.5) is 0 Å². The Hall–Kier alpha value is -2.93. The first kappa shape index (κ1) is 15.9. The number of methoxy groups -OCH3 is 2. The molecule has 7 heteroatoms. The maximum atomic E-state index is 12.6. The van der Waals surface area contributed by atoms with Crippen LogP contribution in [0.15, 0.2) is 35.3 Å². The van der Waals surface area contributed by atoms with Crippen molar-refractivity contribution in [3.05, 3.63) is 46.4 Å². The van der Waals surface area contributed by atoms with Gasteiger partial charge in [0.1, 0.15) is 18.1 Å². The molecule has 0 amide bonds. The van der Waals surface area contributed by atoms with Crippen molar-refractivity contribution in [1.29, 1.82) is 0 Å². The molecule has 7 nitrogen and oxygen atoms in total. The molecule has 0 aliphatic heterocycles. The van der Waals surface area contributed by atoms with Crippen LogP contribution in [0.3, 0.4) is 0 Å². The summed E-state index contributed by atoms with van der Waals surface area (Å²) in [4.78, 5) is 31.6. The van der Waals surface area contributed by atoms with Gasteiger partial charge in [-0.3, -0.25) is 9.78 Å². The van der Waals surface area contributed by atoms with Gasteiger partial charge in [-0.05, 0) is 12.1 Å². The fraction of sp³-hybridized carbons (Fsp3) is 0.235. The predicted octanol–water partition coefficient (Wildman–Crippen LogP) is 1.89. The minimum atomic E-state index is -0.621. The topological polar surface area (TPSA) is 90.5 Å². The van der Waals surface area contributed by atoms with Crippen molar-refractivity contribution < 1.29 is 19.0 Å². The van der Waals surface area contributed by atoms with Crippen molar-refractivity contribution in [2.45, 2.75) is 0 Å². The monoisotopic (exact) mass is 328 g/mol. The fourth-order valence-electron chi connectivity index (χ4n) is 2.51. The summed E-state index contributed by atoms with van der Waals surface area (Å²) >= 11 is 0. The van der Waals surface area contributed by atoms with Crippen LogP contribution in [-0.4, -0.2) is 43.4 Å².